The van der Waals surface area contributed by atoms with E-state index in [0.717, 1.165) is 54.9 Å². The first-order valence-electron chi connectivity index (χ1n) is 15.9. The van der Waals surface area contributed by atoms with Gasteiger partial charge in [-0.2, -0.15) is 0 Å². The number of amides is 1. The Morgan fingerprint density at radius 3 is 2.19 bits per heavy atom. The number of rotatable bonds is 13. The van der Waals surface area contributed by atoms with Gasteiger partial charge < -0.3 is 15.2 Å². The molecule has 3 aromatic heterocycles. The number of nitrogens with one attached hydrogen (secondary N) is 2. The fraction of sp³-hybridized carbons (Fsp3) is 0.486. The van der Waals surface area contributed by atoms with Gasteiger partial charge in [0.1, 0.15) is 5.65 Å². The van der Waals surface area contributed by atoms with Crippen LogP contribution in [0, 0.1) is 25.7 Å². The third-order valence-electron chi connectivity index (χ3n) is 8.20. The minimum atomic E-state index is -0.703. The smallest absolute Gasteiger partial charge is 0.232 e. The van der Waals surface area contributed by atoms with Crippen LogP contribution in [0.2, 0.25) is 0 Å². The van der Waals surface area contributed by atoms with Gasteiger partial charge in [0.05, 0.1) is 11.1 Å². The molecule has 0 radical (unpaired) electrons. The highest BCUT2D eigenvalue weighted by Gasteiger charge is 2.35. The van der Waals surface area contributed by atoms with Gasteiger partial charge in [-0.05, 0) is 111 Å². The van der Waals surface area contributed by atoms with E-state index in [1.807, 2.05) is 37.3 Å². The van der Waals surface area contributed by atoms with Gasteiger partial charge in [-0.3, -0.25) is 9.78 Å². The number of hydrogen-bond donors (Lipinski definition) is 2. The normalized spacial score (nSPS) is 12.8. The minimum absolute atomic E-state index is 0.161. The van der Waals surface area contributed by atoms with Crippen molar-refractivity contribution in [2.24, 2.45) is 11.8 Å². The summed E-state index contributed by atoms with van der Waals surface area (Å²) in [4.78, 5) is 28.8. The van der Waals surface area contributed by atoms with Crippen molar-refractivity contribution in [3.05, 3.63) is 82.8 Å². The van der Waals surface area contributed by atoms with E-state index in [9.17, 15) is 4.79 Å². The Labute approximate surface area is 258 Å². The SMILES string of the molecule is Cc1cc(C)cc(-c2[nH]c3ncc(C(C)(C)C(=O)N(CC(C)C)CC(C)C)cc3c2C(C)CNCCc2ccncc2)c1. The third-order valence-corrected chi connectivity index (χ3v) is 8.20. The Balaban J connectivity index is 1.72. The van der Waals surface area contributed by atoms with Crippen LogP contribution in [0.1, 0.15) is 82.2 Å². The summed E-state index contributed by atoms with van der Waals surface area (Å²) in [5.74, 6) is 1.19. The lowest BCUT2D eigenvalue weighted by Gasteiger charge is -2.34. The van der Waals surface area contributed by atoms with E-state index in [-0.39, 0.29) is 11.8 Å². The lowest BCUT2D eigenvalue weighted by Crippen LogP contribution is -2.46. The van der Waals surface area contributed by atoms with E-state index >= 15 is 0 Å². The highest BCUT2D eigenvalue weighted by molar-refractivity contribution is 5.92. The molecular weight excluding hydrogens is 530 g/mol. The molecule has 0 aliphatic carbocycles. The Bertz CT molecular complexity index is 1490. The largest absolute Gasteiger partial charge is 0.341 e. The van der Waals surface area contributed by atoms with Crippen LogP contribution in [0.3, 0.4) is 0 Å². The van der Waals surface area contributed by atoms with Crippen molar-refractivity contribution in [1.82, 2.24) is 25.2 Å². The van der Waals surface area contributed by atoms with E-state index in [1.165, 1.54) is 27.8 Å². The number of aryl methyl sites for hydroxylation is 2. The predicted octanol–water partition coefficient (Wildman–Crippen LogP) is 7.60. The third kappa shape index (κ3) is 7.91. The Kier molecular flexibility index (Phi) is 10.4. The molecule has 0 saturated carbocycles. The van der Waals surface area contributed by atoms with E-state index in [0.29, 0.717) is 11.8 Å². The summed E-state index contributed by atoms with van der Waals surface area (Å²) < 4.78 is 0. The monoisotopic (exact) mass is 581 g/mol. The number of carbonyl (C=O) groups excluding carboxylic acids is 1. The number of hydrogen-bond acceptors (Lipinski definition) is 4. The summed E-state index contributed by atoms with van der Waals surface area (Å²) >= 11 is 0. The van der Waals surface area contributed by atoms with E-state index in [2.05, 4.69) is 100 Å². The van der Waals surface area contributed by atoms with Crippen LogP contribution in [0.5, 0.6) is 0 Å². The number of H-pyrrole nitrogens is 1. The molecule has 0 saturated heterocycles. The van der Waals surface area contributed by atoms with E-state index < -0.39 is 5.41 Å². The number of aromatic nitrogens is 3. The fourth-order valence-corrected chi connectivity index (χ4v) is 6.13. The van der Waals surface area contributed by atoms with E-state index in [4.69, 9.17) is 4.98 Å². The number of aromatic amines is 1. The Morgan fingerprint density at radius 2 is 1.58 bits per heavy atom. The average Bonchev–Trinajstić information content (AvgIpc) is 3.33. The molecule has 4 rings (SSSR count). The molecule has 0 aliphatic heterocycles. The second kappa shape index (κ2) is 13.9. The zero-order chi connectivity index (χ0) is 31.3. The zero-order valence-electron chi connectivity index (χ0n) is 27.7. The molecule has 6 nitrogen and oxygen atoms in total. The van der Waals surface area contributed by atoms with Gasteiger partial charge in [0.2, 0.25) is 5.91 Å². The van der Waals surface area contributed by atoms with Crippen LogP contribution in [0.4, 0.5) is 0 Å². The van der Waals surface area contributed by atoms with Crippen LogP contribution >= 0.6 is 0 Å². The molecular formula is C37H51N5O. The predicted molar refractivity (Wildman–Crippen MR) is 180 cm³/mol. The zero-order valence-corrected chi connectivity index (χ0v) is 27.7. The molecule has 6 heteroatoms. The molecule has 1 aromatic carbocycles. The van der Waals surface area contributed by atoms with Gasteiger partial charge in [-0.15, -0.1) is 0 Å². The number of benzene rings is 1. The van der Waals surface area contributed by atoms with Crippen molar-refractivity contribution in [2.45, 2.75) is 80.1 Å². The van der Waals surface area contributed by atoms with Crippen LogP contribution in [-0.2, 0) is 16.6 Å². The highest BCUT2D eigenvalue weighted by atomic mass is 16.2. The summed E-state index contributed by atoms with van der Waals surface area (Å²) in [6, 6.07) is 13.1. The maximum atomic E-state index is 14.1. The van der Waals surface area contributed by atoms with Gasteiger partial charge in [0.15, 0.2) is 0 Å². The molecule has 1 atom stereocenters. The summed E-state index contributed by atoms with van der Waals surface area (Å²) in [6.45, 7) is 22.6. The molecule has 230 valence electrons. The quantitative estimate of drug-likeness (QED) is 0.160. The number of nitrogens with zero attached hydrogens (tertiary/aromatic N) is 3. The van der Waals surface area contributed by atoms with Crippen molar-refractivity contribution < 1.29 is 4.79 Å². The van der Waals surface area contributed by atoms with Gasteiger partial charge in [0.25, 0.3) is 0 Å². The van der Waals surface area contributed by atoms with Gasteiger partial charge in [0, 0.05) is 43.6 Å². The maximum Gasteiger partial charge on any atom is 0.232 e. The first-order valence-corrected chi connectivity index (χ1v) is 15.9. The van der Waals surface area contributed by atoms with Crippen molar-refractivity contribution >= 4 is 16.9 Å². The van der Waals surface area contributed by atoms with Crippen molar-refractivity contribution in [3.63, 3.8) is 0 Å². The minimum Gasteiger partial charge on any atom is -0.341 e. The molecule has 43 heavy (non-hydrogen) atoms. The topological polar surface area (TPSA) is 73.9 Å². The Hall–Kier alpha value is -3.51. The molecule has 0 aliphatic rings. The lowest BCUT2D eigenvalue weighted by molar-refractivity contribution is -0.137. The molecule has 0 fully saturated rings. The number of carbonyl (C=O) groups is 1. The fourth-order valence-electron chi connectivity index (χ4n) is 6.13. The highest BCUT2D eigenvalue weighted by Crippen LogP contribution is 2.38. The molecule has 0 bridgehead atoms. The summed E-state index contributed by atoms with van der Waals surface area (Å²) in [5, 5.41) is 4.78. The van der Waals surface area contributed by atoms with Gasteiger partial charge >= 0.3 is 0 Å². The first kappa shape index (κ1) is 32.4. The molecule has 3 heterocycles. The summed E-state index contributed by atoms with van der Waals surface area (Å²) in [5.41, 5.74) is 8.39. The second-order valence-electron chi connectivity index (χ2n) is 13.7. The first-order chi connectivity index (χ1) is 20.4. The summed E-state index contributed by atoms with van der Waals surface area (Å²) in [7, 11) is 0. The standard InChI is InChI=1S/C37H51N5O/c1-24(2)22-42(23-25(3)4)36(43)37(8,9)31-19-32-33(28(7)20-39-15-12-29-10-13-38-14-11-29)34(41-35(32)40-21-31)30-17-26(5)16-27(6)18-30/h10-11,13-14,16-19,21,24-25,28,39H,12,15,20,22-23H2,1-9H3,(H,40,41). The van der Waals surface area contributed by atoms with Crippen LogP contribution in [-0.4, -0.2) is 51.9 Å². The lowest BCUT2D eigenvalue weighted by atomic mass is 9.82. The van der Waals surface area contributed by atoms with Crippen LogP contribution < -0.4 is 5.32 Å². The number of fused-ring (bicyclic) bond motifs is 1. The van der Waals surface area contributed by atoms with Crippen molar-refractivity contribution in [3.8, 4) is 11.3 Å². The maximum absolute atomic E-state index is 14.1. The molecule has 4 aromatic rings. The van der Waals surface area contributed by atoms with Gasteiger partial charge in [-0.25, -0.2) is 4.98 Å². The number of pyridine rings is 2. The van der Waals surface area contributed by atoms with Crippen LogP contribution in [0.15, 0.2) is 55.0 Å². The van der Waals surface area contributed by atoms with Crippen molar-refractivity contribution in [2.75, 3.05) is 26.2 Å². The molecule has 0 spiro atoms. The molecule has 1 unspecified atom stereocenters. The van der Waals surface area contributed by atoms with E-state index in [1.54, 1.807) is 0 Å². The van der Waals surface area contributed by atoms with Crippen LogP contribution in [0.25, 0.3) is 22.3 Å². The van der Waals surface area contributed by atoms with Gasteiger partial charge in [-0.1, -0.05) is 51.8 Å². The average molecular weight is 582 g/mol. The van der Waals surface area contributed by atoms with Crippen molar-refractivity contribution in [1.29, 1.82) is 0 Å². The Morgan fingerprint density at radius 1 is 0.953 bits per heavy atom. The second-order valence-corrected chi connectivity index (χ2v) is 13.7. The molecule has 2 N–H and O–H groups in total. The summed E-state index contributed by atoms with van der Waals surface area (Å²) in [6.07, 6.45) is 6.55. The molecule has 1 amide bonds.